The third kappa shape index (κ3) is 9.63. The molecule has 0 bridgehead atoms. The lowest BCUT2D eigenvalue weighted by atomic mass is 9.94. The molecule has 0 fully saturated rings. The van der Waals surface area contributed by atoms with E-state index in [0.29, 0.717) is 5.69 Å². The van der Waals surface area contributed by atoms with Crippen LogP contribution < -0.4 is 5.32 Å². The first-order valence-electron chi connectivity index (χ1n) is 11.9. The molecule has 0 saturated carbocycles. The van der Waals surface area contributed by atoms with Crippen LogP contribution in [-0.2, 0) is 33.9 Å². The first kappa shape index (κ1) is 26.0. The average Bonchev–Trinajstić information content (AvgIpc) is 2.88. The Morgan fingerprint density at radius 3 is 1.97 bits per heavy atom. The monoisotopic (exact) mass is 475 g/mol. The van der Waals surface area contributed by atoms with Crippen molar-refractivity contribution < 1.29 is 24.2 Å². The van der Waals surface area contributed by atoms with Gasteiger partial charge in [-0.3, -0.25) is 10.1 Å². The van der Waals surface area contributed by atoms with E-state index in [9.17, 15) is 14.7 Å². The summed E-state index contributed by atoms with van der Waals surface area (Å²) in [6.45, 7) is 2.39. The minimum atomic E-state index is -0.730. The molecule has 2 unspecified atom stereocenters. The minimum Gasteiger partial charge on any atom is -0.461 e. The van der Waals surface area contributed by atoms with Crippen LogP contribution in [0.5, 0.6) is 0 Å². The highest BCUT2D eigenvalue weighted by molar-refractivity contribution is 5.84. The SMILES string of the molecule is CC(CCCc1ccc(NC(=O)OCc2ccccc2)cc1)C(O)CC(=O)OCc1ccccc1. The molecule has 6 heteroatoms. The van der Waals surface area contributed by atoms with E-state index < -0.39 is 18.2 Å². The number of anilines is 1. The van der Waals surface area contributed by atoms with E-state index in [-0.39, 0.29) is 25.6 Å². The van der Waals surface area contributed by atoms with Gasteiger partial charge >= 0.3 is 12.1 Å². The van der Waals surface area contributed by atoms with Crippen molar-refractivity contribution in [1.29, 1.82) is 0 Å². The Balaban J connectivity index is 1.31. The van der Waals surface area contributed by atoms with Gasteiger partial charge in [-0.25, -0.2) is 4.79 Å². The van der Waals surface area contributed by atoms with Gasteiger partial charge in [0, 0.05) is 5.69 Å². The van der Waals surface area contributed by atoms with Crippen LogP contribution in [0, 0.1) is 5.92 Å². The van der Waals surface area contributed by atoms with E-state index in [1.54, 1.807) is 0 Å². The van der Waals surface area contributed by atoms with E-state index in [4.69, 9.17) is 9.47 Å². The summed E-state index contributed by atoms with van der Waals surface area (Å²) < 4.78 is 10.5. The molecule has 0 aliphatic rings. The zero-order valence-electron chi connectivity index (χ0n) is 20.1. The molecule has 3 rings (SSSR count). The Labute approximate surface area is 206 Å². The Kier molecular flexibility index (Phi) is 10.3. The van der Waals surface area contributed by atoms with Gasteiger partial charge in [-0.2, -0.15) is 0 Å². The predicted octanol–water partition coefficient (Wildman–Crippen LogP) is 5.89. The zero-order chi connectivity index (χ0) is 24.9. The number of ether oxygens (including phenoxy) is 2. The van der Waals surface area contributed by atoms with Crippen molar-refractivity contribution in [3.8, 4) is 0 Å². The third-order valence-electron chi connectivity index (χ3n) is 5.81. The molecule has 3 aromatic carbocycles. The van der Waals surface area contributed by atoms with Crippen molar-refractivity contribution in [2.24, 2.45) is 5.92 Å². The number of nitrogens with one attached hydrogen (secondary N) is 1. The third-order valence-corrected chi connectivity index (χ3v) is 5.81. The number of rotatable bonds is 12. The lowest BCUT2D eigenvalue weighted by molar-refractivity contribution is -0.148. The standard InChI is InChI=1S/C29H33NO5/c1-22(27(31)19-28(32)34-20-24-10-4-2-5-11-24)9-8-14-23-15-17-26(18-16-23)30-29(33)35-21-25-12-6-3-7-13-25/h2-7,10-13,15-18,22,27,31H,8-9,14,19-21H2,1H3,(H,30,33). The number of esters is 1. The van der Waals surface area contributed by atoms with Gasteiger partial charge in [-0.1, -0.05) is 79.7 Å². The molecule has 0 saturated heterocycles. The van der Waals surface area contributed by atoms with E-state index in [1.807, 2.05) is 91.9 Å². The van der Waals surface area contributed by atoms with Gasteiger partial charge in [0.1, 0.15) is 13.2 Å². The highest BCUT2D eigenvalue weighted by atomic mass is 16.5. The van der Waals surface area contributed by atoms with Gasteiger partial charge in [-0.15, -0.1) is 0 Å². The fraction of sp³-hybridized carbons (Fsp3) is 0.310. The van der Waals surface area contributed by atoms with E-state index in [1.165, 1.54) is 0 Å². The number of aliphatic hydroxyl groups is 1. The molecule has 2 N–H and O–H groups in total. The maximum Gasteiger partial charge on any atom is 0.411 e. The van der Waals surface area contributed by atoms with Crippen LogP contribution >= 0.6 is 0 Å². The van der Waals surface area contributed by atoms with Gasteiger partial charge in [0.25, 0.3) is 0 Å². The van der Waals surface area contributed by atoms with Gasteiger partial charge in [0.15, 0.2) is 0 Å². The highest BCUT2D eigenvalue weighted by Crippen LogP contribution is 2.18. The molecule has 2 atom stereocenters. The van der Waals surface area contributed by atoms with E-state index >= 15 is 0 Å². The van der Waals surface area contributed by atoms with Crippen molar-refractivity contribution in [2.45, 2.75) is 51.9 Å². The van der Waals surface area contributed by atoms with E-state index in [0.717, 1.165) is 36.0 Å². The van der Waals surface area contributed by atoms with Crippen molar-refractivity contribution in [2.75, 3.05) is 5.32 Å². The molecule has 0 aromatic heterocycles. The average molecular weight is 476 g/mol. The zero-order valence-corrected chi connectivity index (χ0v) is 20.1. The molecule has 184 valence electrons. The lowest BCUT2D eigenvalue weighted by Gasteiger charge is -2.18. The number of aliphatic hydroxyl groups excluding tert-OH is 1. The van der Waals surface area contributed by atoms with Crippen molar-refractivity contribution >= 4 is 17.7 Å². The number of amides is 1. The molecule has 35 heavy (non-hydrogen) atoms. The largest absolute Gasteiger partial charge is 0.461 e. The maximum absolute atomic E-state index is 12.0. The van der Waals surface area contributed by atoms with Gasteiger partial charge in [0.2, 0.25) is 0 Å². The van der Waals surface area contributed by atoms with Crippen LogP contribution in [-0.4, -0.2) is 23.3 Å². The number of carbonyl (C=O) groups excluding carboxylic acids is 2. The number of hydrogen-bond acceptors (Lipinski definition) is 5. The molecule has 0 radical (unpaired) electrons. The molecule has 1 amide bonds. The fourth-order valence-electron chi connectivity index (χ4n) is 3.62. The summed E-state index contributed by atoms with van der Waals surface area (Å²) in [4.78, 5) is 24.0. The van der Waals surface area contributed by atoms with Crippen molar-refractivity contribution in [3.05, 3.63) is 102 Å². The predicted molar refractivity (Wildman–Crippen MR) is 136 cm³/mol. The molecule has 0 aliphatic heterocycles. The summed E-state index contributed by atoms with van der Waals surface area (Å²) in [7, 11) is 0. The topological polar surface area (TPSA) is 84.9 Å². The molecule has 6 nitrogen and oxygen atoms in total. The second kappa shape index (κ2) is 13.9. The van der Waals surface area contributed by atoms with Gasteiger partial charge in [0.05, 0.1) is 12.5 Å². The normalized spacial score (nSPS) is 12.4. The molecule has 3 aromatic rings. The first-order valence-corrected chi connectivity index (χ1v) is 11.9. The Morgan fingerprint density at radius 2 is 1.37 bits per heavy atom. The first-order chi connectivity index (χ1) is 17.0. The summed E-state index contributed by atoms with van der Waals surface area (Å²) in [6, 6.07) is 26.6. The Morgan fingerprint density at radius 1 is 0.800 bits per heavy atom. The lowest BCUT2D eigenvalue weighted by Crippen LogP contribution is -2.23. The quantitative estimate of drug-likeness (QED) is 0.319. The number of aryl methyl sites for hydroxylation is 1. The van der Waals surface area contributed by atoms with Crippen LogP contribution in [0.15, 0.2) is 84.9 Å². The summed E-state index contributed by atoms with van der Waals surface area (Å²) in [5.74, 6) is -0.404. The molecular weight excluding hydrogens is 442 g/mol. The highest BCUT2D eigenvalue weighted by Gasteiger charge is 2.19. The second-order valence-electron chi connectivity index (χ2n) is 8.67. The number of benzene rings is 3. The van der Waals surface area contributed by atoms with Crippen LogP contribution in [0.1, 0.15) is 42.9 Å². The van der Waals surface area contributed by atoms with Gasteiger partial charge in [-0.05, 0) is 54.0 Å². The van der Waals surface area contributed by atoms with Crippen molar-refractivity contribution in [3.63, 3.8) is 0 Å². The van der Waals surface area contributed by atoms with Crippen LogP contribution in [0.2, 0.25) is 0 Å². The second-order valence-corrected chi connectivity index (χ2v) is 8.67. The molecule has 0 aliphatic carbocycles. The molecule has 0 spiro atoms. The summed E-state index contributed by atoms with van der Waals surface area (Å²) >= 11 is 0. The molecule has 0 heterocycles. The minimum absolute atomic E-state index is 0.00522. The maximum atomic E-state index is 12.0. The van der Waals surface area contributed by atoms with Crippen LogP contribution in [0.4, 0.5) is 10.5 Å². The van der Waals surface area contributed by atoms with Crippen molar-refractivity contribution in [1.82, 2.24) is 0 Å². The van der Waals surface area contributed by atoms with E-state index in [2.05, 4.69) is 5.32 Å². The van der Waals surface area contributed by atoms with Crippen LogP contribution in [0.25, 0.3) is 0 Å². The fourth-order valence-corrected chi connectivity index (χ4v) is 3.62. The smallest absolute Gasteiger partial charge is 0.411 e. The summed E-state index contributed by atoms with van der Waals surface area (Å²) in [5, 5.41) is 13.1. The number of carbonyl (C=O) groups is 2. The Bertz CT molecular complexity index is 1040. The Hall–Kier alpha value is -3.64. The van der Waals surface area contributed by atoms with Crippen LogP contribution in [0.3, 0.4) is 0 Å². The summed E-state index contributed by atoms with van der Waals surface area (Å²) in [5.41, 5.74) is 3.66. The van der Waals surface area contributed by atoms with Gasteiger partial charge < -0.3 is 14.6 Å². The number of hydrogen-bond donors (Lipinski definition) is 2. The molecular formula is C29H33NO5. The summed E-state index contributed by atoms with van der Waals surface area (Å²) in [6.07, 6.45) is 1.28.